The number of hydrogen-bond acceptors (Lipinski definition) is 2. The van der Waals surface area contributed by atoms with Gasteiger partial charge in [-0.3, -0.25) is 4.79 Å². The first kappa shape index (κ1) is 15.1. The highest BCUT2D eigenvalue weighted by Crippen LogP contribution is 2.11. The van der Waals surface area contributed by atoms with Gasteiger partial charge in [-0.15, -0.1) is 0 Å². The molecule has 0 spiro atoms. The second-order valence-electron chi connectivity index (χ2n) is 5.05. The molecule has 0 radical (unpaired) electrons. The van der Waals surface area contributed by atoms with E-state index in [0.29, 0.717) is 13.0 Å². The van der Waals surface area contributed by atoms with E-state index in [2.05, 4.69) is 5.32 Å². The summed E-state index contributed by atoms with van der Waals surface area (Å²) in [4.78, 5) is 11.9. The summed E-state index contributed by atoms with van der Waals surface area (Å²) in [6.45, 7) is 2.68. The molecule has 0 aliphatic heterocycles. The lowest BCUT2D eigenvalue weighted by atomic mass is 10.1. The molecule has 21 heavy (non-hydrogen) atoms. The Morgan fingerprint density at radius 3 is 2.48 bits per heavy atom. The third-order valence-corrected chi connectivity index (χ3v) is 3.51. The van der Waals surface area contributed by atoms with Gasteiger partial charge in [0.05, 0.1) is 13.5 Å². The molecule has 3 nitrogen and oxygen atoms in total. The molecule has 2 rings (SSSR count). The van der Waals surface area contributed by atoms with Crippen molar-refractivity contribution in [3.05, 3.63) is 65.2 Å². The van der Waals surface area contributed by atoms with Gasteiger partial charge in [0.15, 0.2) is 0 Å². The Morgan fingerprint density at radius 1 is 1.10 bits per heavy atom. The fourth-order valence-corrected chi connectivity index (χ4v) is 2.18. The van der Waals surface area contributed by atoms with Gasteiger partial charge < -0.3 is 10.1 Å². The van der Waals surface area contributed by atoms with Gasteiger partial charge in [-0.05, 0) is 42.2 Å². The summed E-state index contributed by atoms with van der Waals surface area (Å²) in [5.41, 5.74) is 3.43. The highest BCUT2D eigenvalue weighted by molar-refractivity contribution is 5.78. The zero-order chi connectivity index (χ0) is 15.1. The number of carbonyl (C=O) groups excluding carboxylic acids is 1. The second-order valence-corrected chi connectivity index (χ2v) is 5.05. The number of benzene rings is 2. The molecular weight excluding hydrogens is 262 g/mol. The van der Waals surface area contributed by atoms with Gasteiger partial charge in [-0.2, -0.15) is 0 Å². The Hall–Kier alpha value is -2.29. The molecule has 0 atom stereocenters. The fraction of sp³-hybridized carbons (Fsp3) is 0.278. The van der Waals surface area contributed by atoms with Gasteiger partial charge in [0, 0.05) is 6.54 Å². The first-order valence-corrected chi connectivity index (χ1v) is 7.13. The highest BCUT2D eigenvalue weighted by Gasteiger charge is 2.05. The van der Waals surface area contributed by atoms with E-state index in [-0.39, 0.29) is 5.91 Å². The SMILES string of the molecule is COc1ccc(CCNC(=O)Cc2ccccc2C)cc1. The van der Waals surface area contributed by atoms with E-state index in [1.54, 1.807) is 7.11 Å². The molecule has 1 amide bonds. The number of methoxy groups -OCH3 is 1. The third kappa shape index (κ3) is 4.63. The van der Waals surface area contributed by atoms with E-state index in [1.165, 1.54) is 5.56 Å². The predicted molar refractivity (Wildman–Crippen MR) is 84.6 cm³/mol. The Balaban J connectivity index is 1.77. The normalized spacial score (nSPS) is 10.2. The Kier molecular flexibility index (Phi) is 5.38. The number of carbonyl (C=O) groups is 1. The van der Waals surface area contributed by atoms with Crippen LogP contribution in [0.4, 0.5) is 0 Å². The molecule has 1 N–H and O–H groups in total. The molecule has 0 aliphatic carbocycles. The number of hydrogen-bond donors (Lipinski definition) is 1. The van der Waals surface area contributed by atoms with Gasteiger partial charge in [-0.25, -0.2) is 0 Å². The molecule has 0 aromatic heterocycles. The quantitative estimate of drug-likeness (QED) is 0.885. The number of aryl methyl sites for hydroxylation is 1. The van der Waals surface area contributed by atoms with Crippen LogP contribution < -0.4 is 10.1 Å². The lowest BCUT2D eigenvalue weighted by Gasteiger charge is -2.08. The molecule has 0 bridgehead atoms. The molecule has 0 fully saturated rings. The number of nitrogens with one attached hydrogen (secondary N) is 1. The van der Waals surface area contributed by atoms with Crippen LogP contribution in [0.3, 0.4) is 0 Å². The minimum atomic E-state index is 0.0674. The van der Waals surface area contributed by atoms with Crippen LogP contribution in [0.5, 0.6) is 5.75 Å². The third-order valence-electron chi connectivity index (χ3n) is 3.51. The smallest absolute Gasteiger partial charge is 0.224 e. The van der Waals surface area contributed by atoms with Gasteiger partial charge in [0.2, 0.25) is 5.91 Å². The van der Waals surface area contributed by atoms with Crippen molar-refractivity contribution in [2.45, 2.75) is 19.8 Å². The highest BCUT2D eigenvalue weighted by atomic mass is 16.5. The lowest BCUT2D eigenvalue weighted by molar-refractivity contribution is -0.120. The number of amides is 1. The van der Waals surface area contributed by atoms with Gasteiger partial charge in [-0.1, -0.05) is 36.4 Å². The minimum absolute atomic E-state index is 0.0674. The zero-order valence-electron chi connectivity index (χ0n) is 12.6. The topological polar surface area (TPSA) is 38.3 Å². The second kappa shape index (κ2) is 7.48. The number of rotatable bonds is 6. The van der Waals surface area contributed by atoms with Crippen molar-refractivity contribution in [2.24, 2.45) is 0 Å². The molecule has 3 heteroatoms. The van der Waals surface area contributed by atoms with Crippen molar-refractivity contribution >= 4 is 5.91 Å². The van der Waals surface area contributed by atoms with Crippen LogP contribution in [-0.4, -0.2) is 19.6 Å². The Labute approximate surface area is 126 Å². The van der Waals surface area contributed by atoms with Crippen LogP contribution in [-0.2, 0) is 17.6 Å². The molecule has 0 saturated heterocycles. The summed E-state index contributed by atoms with van der Waals surface area (Å²) < 4.78 is 5.12. The molecule has 2 aromatic rings. The maximum atomic E-state index is 11.9. The van der Waals surface area contributed by atoms with E-state index in [0.717, 1.165) is 23.3 Å². The maximum absolute atomic E-state index is 11.9. The van der Waals surface area contributed by atoms with Crippen LogP contribution >= 0.6 is 0 Å². The van der Waals surface area contributed by atoms with Gasteiger partial charge in [0.1, 0.15) is 5.75 Å². The first-order chi connectivity index (χ1) is 10.2. The van der Waals surface area contributed by atoms with Crippen LogP contribution in [0.1, 0.15) is 16.7 Å². The zero-order valence-corrected chi connectivity index (χ0v) is 12.6. The Bertz CT molecular complexity index is 590. The fourth-order valence-electron chi connectivity index (χ4n) is 2.18. The minimum Gasteiger partial charge on any atom is -0.497 e. The summed E-state index contributed by atoms with van der Waals surface area (Å²) >= 11 is 0. The number of ether oxygens (including phenoxy) is 1. The van der Waals surface area contributed by atoms with Crippen LogP contribution in [0.25, 0.3) is 0 Å². The van der Waals surface area contributed by atoms with Crippen molar-refractivity contribution in [1.82, 2.24) is 5.32 Å². The van der Waals surface area contributed by atoms with E-state index >= 15 is 0 Å². The molecule has 0 unspecified atom stereocenters. The summed E-state index contributed by atoms with van der Waals surface area (Å²) in [7, 11) is 1.65. The molecular formula is C18H21NO2. The van der Waals surface area contributed by atoms with Crippen LogP contribution in [0.2, 0.25) is 0 Å². The summed E-state index contributed by atoms with van der Waals surface area (Å²) in [5.74, 6) is 0.917. The van der Waals surface area contributed by atoms with E-state index in [4.69, 9.17) is 4.74 Å². The lowest BCUT2D eigenvalue weighted by Crippen LogP contribution is -2.27. The monoisotopic (exact) mass is 283 g/mol. The summed E-state index contributed by atoms with van der Waals surface area (Å²) in [5, 5.41) is 2.97. The van der Waals surface area contributed by atoms with Crippen LogP contribution in [0, 0.1) is 6.92 Å². The van der Waals surface area contributed by atoms with Crippen molar-refractivity contribution in [3.63, 3.8) is 0 Å². The maximum Gasteiger partial charge on any atom is 0.224 e. The molecule has 110 valence electrons. The van der Waals surface area contributed by atoms with Gasteiger partial charge in [0.25, 0.3) is 0 Å². The van der Waals surface area contributed by atoms with Crippen molar-refractivity contribution in [2.75, 3.05) is 13.7 Å². The average molecular weight is 283 g/mol. The van der Waals surface area contributed by atoms with E-state index in [1.807, 2.05) is 55.5 Å². The van der Waals surface area contributed by atoms with Crippen molar-refractivity contribution in [3.8, 4) is 5.75 Å². The standard InChI is InChI=1S/C18H21NO2/c1-14-5-3-4-6-16(14)13-18(20)19-12-11-15-7-9-17(21-2)10-8-15/h3-10H,11-13H2,1-2H3,(H,19,20). The predicted octanol–water partition coefficient (Wildman–Crippen LogP) is 2.91. The van der Waals surface area contributed by atoms with E-state index in [9.17, 15) is 4.79 Å². The average Bonchev–Trinajstić information content (AvgIpc) is 2.50. The van der Waals surface area contributed by atoms with Crippen molar-refractivity contribution < 1.29 is 9.53 Å². The molecule has 2 aromatic carbocycles. The Morgan fingerprint density at radius 2 is 1.81 bits per heavy atom. The van der Waals surface area contributed by atoms with Gasteiger partial charge >= 0.3 is 0 Å². The molecule has 0 heterocycles. The van der Waals surface area contributed by atoms with E-state index < -0.39 is 0 Å². The molecule has 0 saturated carbocycles. The molecule has 0 aliphatic rings. The van der Waals surface area contributed by atoms with Crippen molar-refractivity contribution in [1.29, 1.82) is 0 Å². The first-order valence-electron chi connectivity index (χ1n) is 7.13. The summed E-state index contributed by atoms with van der Waals surface area (Å²) in [6, 6.07) is 15.9. The van der Waals surface area contributed by atoms with Crippen LogP contribution in [0.15, 0.2) is 48.5 Å². The largest absolute Gasteiger partial charge is 0.497 e. The summed E-state index contributed by atoms with van der Waals surface area (Å²) in [6.07, 6.45) is 1.26.